The minimum absolute atomic E-state index is 0.185. The van der Waals surface area contributed by atoms with E-state index in [1.54, 1.807) is 30.3 Å². The molecule has 0 radical (unpaired) electrons. The molecule has 180 valence electrons. The molecule has 1 fully saturated rings. The van der Waals surface area contributed by atoms with Crippen molar-refractivity contribution in [3.8, 4) is 6.07 Å². The Balaban J connectivity index is 1.58. The smallest absolute Gasteiger partial charge is 0.381 e. The van der Waals surface area contributed by atoms with Crippen molar-refractivity contribution in [1.29, 1.82) is 5.26 Å². The Labute approximate surface area is 206 Å². The Morgan fingerprint density at radius 1 is 1.00 bits per heavy atom. The van der Waals surface area contributed by atoms with Gasteiger partial charge in [-0.2, -0.15) is 18.4 Å². The predicted octanol–water partition coefficient (Wildman–Crippen LogP) is 6.21. The molecule has 0 unspecified atom stereocenters. The summed E-state index contributed by atoms with van der Waals surface area (Å²) < 4.78 is 45.5. The minimum Gasteiger partial charge on any atom is -0.381 e. The summed E-state index contributed by atoms with van der Waals surface area (Å²) in [5.41, 5.74) is 0.131. The lowest BCUT2D eigenvalue weighted by Gasteiger charge is -2.38. The Bertz CT molecular complexity index is 1250. The molecule has 0 aliphatic carbocycles. The first-order valence-corrected chi connectivity index (χ1v) is 11.9. The van der Waals surface area contributed by atoms with Crippen LogP contribution in [0.3, 0.4) is 0 Å². The van der Waals surface area contributed by atoms with E-state index in [1.807, 2.05) is 24.3 Å². The van der Waals surface area contributed by atoms with Crippen molar-refractivity contribution < 1.29 is 22.7 Å². The Morgan fingerprint density at radius 3 is 2.40 bits per heavy atom. The van der Waals surface area contributed by atoms with Gasteiger partial charge in [0.15, 0.2) is 0 Å². The van der Waals surface area contributed by atoms with Gasteiger partial charge in [-0.1, -0.05) is 54.2 Å². The Hall–Kier alpha value is -3.28. The number of nitriles is 1. The van der Waals surface area contributed by atoms with Crippen LogP contribution in [0.2, 0.25) is 0 Å². The standard InChI is InChI=1S/C27H23F3N2O2S/c28-27(29,30)21-8-5-7-20(16-21)26(12-14-34-15-13-26)18-32-25(33)22-9-2-4-11-24(22)35-23-10-3-1-6-19(23)17-31/h1-11,16H,12-15,18H2,(H,32,33). The average molecular weight is 497 g/mol. The summed E-state index contributed by atoms with van der Waals surface area (Å²) in [5, 5.41) is 12.4. The van der Waals surface area contributed by atoms with Crippen LogP contribution in [0.25, 0.3) is 0 Å². The molecule has 0 spiro atoms. The van der Waals surface area contributed by atoms with Gasteiger partial charge in [-0.15, -0.1) is 0 Å². The van der Waals surface area contributed by atoms with Gasteiger partial charge in [-0.05, 0) is 48.7 Å². The van der Waals surface area contributed by atoms with E-state index in [9.17, 15) is 23.2 Å². The van der Waals surface area contributed by atoms with Gasteiger partial charge < -0.3 is 10.1 Å². The number of nitrogens with one attached hydrogen (secondary N) is 1. The van der Waals surface area contributed by atoms with Crippen LogP contribution in [-0.2, 0) is 16.3 Å². The van der Waals surface area contributed by atoms with Gasteiger partial charge in [0.25, 0.3) is 5.91 Å². The fourth-order valence-electron chi connectivity index (χ4n) is 4.21. The highest BCUT2D eigenvalue weighted by atomic mass is 32.2. The number of carbonyl (C=O) groups is 1. The maximum atomic E-state index is 13.4. The lowest BCUT2D eigenvalue weighted by molar-refractivity contribution is -0.137. The first-order valence-electron chi connectivity index (χ1n) is 11.1. The summed E-state index contributed by atoms with van der Waals surface area (Å²) in [6.45, 7) is 0.997. The summed E-state index contributed by atoms with van der Waals surface area (Å²) in [4.78, 5) is 14.7. The van der Waals surface area contributed by atoms with Crippen molar-refractivity contribution in [1.82, 2.24) is 5.32 Å². The second-order valence-electron chi connectivity index (χ2n) is 8.36. The monoisotopic (exact) mass is 496 g/mol. The molecule has 0 saturated carbocycles. The lowest BCUT2D eigenvalue weighted by Crippen LogP contribution is -2.44. The molecule has 8 heteroatoms. The zero-order valence-corrected chi connectivity index (χ0v) is 19.6. The molecule has 1 heterocycles. The van der Waals surface area contributed by atoms with E-state index in [4.69, 9.17) is 4.74 Å². The number of alkyl halides is 3. The van der Waals surface area contributed by atoms with Crippen LogP contribution in [0.15, 0.2) is 82.6 Å². The van der Waals surface area contributed by atoms with Crippen LogP contribution < -0.4 is 5.32 Å². The maximum absolute atomic E-state index is 13.4. The number of hydrogen-bond acceptors (Lipinski definition) is 4. The molecule has 0 aromatic heterocycles. The molecule has 35 heavy (non-hydrogen) atoms. The van der Waals surface area contributed by atoms with Gasteiger partial charge in [0.1, 0.15) is 6.07 Å². The third-order valence-corrected chi connectivity index (χ3v) is 7.35. The second-order valence-corrected chi connectivity index (χ2v) is 9.44. The number of ether oxygens (including phenoxy) is 1. The SMILES string of the molecule is N#Cc1ccccc1Sc1ccccc1C(=O)NCC1(c2cccc(C(F)(F)F)c2)CCOCC1. The van der Waals surface area contributed by atoms with Crippen molar-refractivity contribution in [3.05, 3.63) is 95.1 Å². The maximum Gasteiger partial charge on any atom is 0.416 e. The molecule has 4 nitrogen and oxygen atoms in total. The van der Waals surface area contributed by atoms with Crippen LogP contribution in [0.1, 0.15) is 39.9 Å². The van der Waals surface area contributed by atoms with Crippen LogP contribution >= 0.6 is 11.8 Å². The van der Waals surface area contributed by atoms with Crippen molar-refractivity contribution in [2.24, 2.45) is 0 Å². The molecule has 1 N–H and O–H groups in total. The first kappa shape index (κ1) is 24.8. The van der Waals surface area contributed by atoms with Crippen LogP contribution in [0, 0.1) is 11.3 Å². The Kier molecular flexibility index (Phi) is 7.48. The fraction of sp³-hybridized carbons (Fsp3) is 0.259. The highest BCUT2D eigenvalue weighted by molar-refractivity contribution is 7.99. The normalized spacial score (nSPS) is 15.3. The quantitative estimate of drug-likeness (QED) is 0.441. The van der Waals surface area contributed by atoms with Gasteiger partial charge in [-0.3, -0.25) is 4.79 Å². The van der Waals surface area contributed by atoms with Gasteiger partial charge in [0, 0.05) is 35.0 Å². The van der Waals surface area contributed by atoms with E-state index in [2.05, 4.69) is 11.4 Å². The summed E-state index contributed by atoms with van der Waals surface area (Å²) in [5.74, 6) is -0.319. The van der Waals surface area contributed by atoms with E-state index >= 15 is 0 Å². The molecule has 1 aliphatic heterocycles. The van der Waals surface area contributed by atoms with Gasteiger partial charge in [0.05, 0.1) is 16.7 Å². The zero-order valence-electron chi connectivity index (χ0n) is 18.8. The number of halogens is 3. The molecule has 1 amide bonds. The molecule has 4 rings (SSSR count). The highest BCUT2D eigenvalue weighted by Crippen LogP contribution is 2.38. The molecular formula is C27H23F3N2O2S. The molecule has 0 atom stereocenters. The molecular weight excluding hydrogens is 473 g/mol. The average Bonchev–Trinajstić information content (AvgIpc) is 2.88. The number of nitrogens with zero attached hydrogens (tertiary/aromatic N) is 1. The third kappa shape index (κ3) is 5.69. The lowest BCUT2D eigenvalue weighted by atomic mass is 9.73. The number of hydrogen-bond donors (Lipinski definition) is 1. The highest BCUT2D eigenvalue weighted by Gasteiger charge is 2.38. The summed E-state index contributed by atoms with van der Waals surface area (Å²) in [6.07, 6.45) is -3.44. The number of carbonyl (C=O) groups excluding carboxylic acids is 1. The topological polar surface area (TPSA) is 62.1 Å². The molecule has 3 aromatic rings. The fourth-order valence-corrected chi connectivity index (χ4v) is 5.23. The number of rotatable bonds is 6. The molecule has 1 aliphatic rings. The van der Waals surface area contributed by atoms with E-state index in [0.29, 0.717) is 47.6 Å². The molecule has 1 saturated heterocycles. The van der Waals surface area contributed by atoms with Crippen molar-refractivity contribution in [2.45, 2.75) is 34.2 Å². The Morgan fingerprint density at radius 2 is 1.69 bits per heavy atom. The van der Waals surface area contributed by atoms with Gasteiger partial charge in [0.2, 0.25) is 0 Å². The zero-order chi connectivity index (χ0) is 24.9. The molecule has 3 aromatic carbocycles. The van der Waals surface area contributed by atoms with E-state index < -0.39 is 17.2 Å². The number of amides is 1. The van der Waals surface area contributed by atoms with E-state index in [1.165, 1.54) is 23.9 Å². The van der Waals surface area contributed by atoms with Crippen molar-refractivity contribution in [2.75, 3.05) is 19.8 Å². The summed E-state index contributed by atoms with van der Waals surface area (Å²) >= 11 is 1.33. The second kappa shape index (κ2) is 10.5. The van der Waals surface area contributed by atoms with Gasteiger partial charge in [-0.25, -0.2) is 0 Å². The van der Waals surface area contributed by atoms with Crippen molar-refractivity contribution >= 4 is 17.7 Å². The minimum atomic E-state index is -4.44. The summed E-state index contributed by atoms with van der Waals surface area (Å²) in [7, 11) is 0. The third-order valence-electron chi connectivity index (χ3n) is 6.20. The largest absolute Gasteiger partial charge is 0.416 e. The van der Waals surface area contributed by atoms with E-state index in [0.717, 1.165) is 11.0 Å². The summed E-state index contributed by atoms with van der Waals surface area (Å²) in [6, 6.07) is 21.7. The van der Waals surface area contributed by atoms with Gasteiger partial charge >= 0.3 is 6.18 Å². The van der Waals surface area contributed by atoms with Crippen LogP contribution in [0.4, 0.5) is 13.2 Å². The predicted molar refractivity (Wildman–Crippen MR) is 127 cm³/mol. The van der Waals surface area contributed by atoms with Crippen LogP contribution in [0.5, 0.6) is 0 Å². The molecule has 0 bridgehead atoms. The van der Waals surface area contributed by atoms with Crippen molar-refractivity contribution in [3.63, 3.8) is 0 Å². The number of benzene rings is 3. The van der Waals surface area contributed by atoms with E-state index in [-0.39, 0.29) is 12.5 Å². The van der Waals surface area contributed by atoms with Crippen LogP contribution in [-0.4, -0.2) is 25.7 Å². The first-order chi connectivity index (χ1) is 16.8.